The van der Waals surface area contributed by atoms with Gasteiger partial charge in [-0.05, 0) is 25.0 Å². The number of benzene rings is 1. The average molecular weight is 367 g/mol. The third kappa shape index (κ3) is 4.49. The van der Waals surface area contributed by atoms with E-state index in [1.165, 1.54) is 22.4 Å². The highest BCUT2D eigenvalue weighted by Crippen LogP contribution is 2.30. The highest BCUT2D eigenvalue weighted by molar-refractivity contribution is 8.00. The first-order chi connectivity index (χ1) is 11.2. The molecule has 0 aliphatic rings. The fraction of sp³-hybridized carbons (Fsp3) is 0.267. The summed E-state index contributed by atoms with van der Waals surface area (Å²) in [5, 5.41) is 15.0. The normalized spacial score (nSPS) is 10.9. The Bertz CT molecular complexity index is 771. The standard InChI is InChI=1S/C15H15FN4S3/c1-2-5-13-17-10(8-21-13)9-22-15-20-19-14(23-15)18-12-7-4-3-6-11(12)16/h3-4,6-8H,2,5,9H2,1H3,(H,18,19). The maximum absolute atomic E-state index is 13.6. The van der Waals surface area contributed by atoms with Crippen molar-refractivity contribution in [2.75, 3.05) is 5.32 Å². The maximum atomic E-state index is 13.6. The summed E-state index contributed by atoms with van der Waals surface area (Å²) in [6.07, 6.45) is 2.15. The van der Waals surface area contributed by atoms with Crippen molar-refractivity contribution in [2.24, 2.45) is 0 Å². The Morgan fingerprint density at radius 1 is 1.26 bits per heavy atom. The summed E-state index contributed by atoms with van der Waals surface area (Å²) in [7, 11) is 0. The van der Waals surface area contributed by atoms with Gasteiger partial charge < -0.3 is 5.32 Å². The minimum atomic E-state index is -0.303. The Morgan fingerprint density at radius 3 is 2.96 bits per heavy atom. The van der Waals surface area contributed by atoms with E-state index in [9.17, 15) is 4.39 Å². The molecule has 0 saturated heterocycles. The molecule has 0 spiro atoms. The minimum Gasteiger partial charge on any atom is -0.328 e. The molecule has 0 fully saturated rings. The van der Waals surface area contributed by atoms with Crippen LogP contribution in [0.4, 0.5) is 15.2 Å². The molecule has 0 aliphatic heterocycles. The number of rotatable bonds is 7. The second kappa shape index (κ2) is 7.85. The molecular weight excluding hydrogens is 351 g/mol. The summed E-state index contributed by atoms with van der Waals surface area (Å²) < 4.78 is 14.4. The van der Waals surface area contributed by atoms with E-state index in [2.05, 4.69) is 32.8 Å². The summed E-state index contributed by atoms with van der Waals surface area (Å²) >= 11 is 4.71. The number of anilines is 2. The number of thioether (sulfide) groups is 1. The summed E-state index contributed by atoms with van der Waals surface area (Å²) in [4.78, 5) is 4.59. The zero-order valence-corrected chi connectivity index (χ0v) is 14.9. The number of aromatic nitrogens is 3. The molecule has 2 heterocycles. The lowest BCUT2D eigenvalue weighted by molar-refractivity contribution is 0.632. The van der Waals surface area contributed by atoms with Crippen molar-refractivity contribution in [1.29, 1.82) is 0 Å². The predicted molar refractivity (Wildman–Crippen MR) is 95.3 cm³/mol. The van der Waals surface area contributed by atoms with Gasteiger partial charge in [0.1, 0.15) is 5.82 Å². The lowest BCUT2D eigenvalue weighted by Crippen LogP contribution is -1.92. The van der Waals surface area contributed by atoms with Crippen LogP contribution >= 0.6 is 34.4 Å². The van der Waals surface area contributed by atoms with Gasteiger partial charge in [-0.25, -0.2) is 9.37 Å². The fourth-order valence-corrected chi connectivity index (χ4v) is 4.54. The number of thiazole rings is 1. The second-order valence-electron chi connectivity index (χ2n) is 4.75. The average Bonchev–Trinajstić information content (AvgIpc) is 3.17. The van der Waals surface area contributed by atoms with Crippen molar-refractivity contribution in [3.8, 4) is 0 Å². The highest BCUT2D eigenvalue weighted by atomic mass is 32.2. The summed E-state index contributed by atoms with van der Waals surface area (Å²) in [6.45, 7) is 2.15. The lowest BCUT2D eigenvalue weighted by atomic mass is 10.3. The molecule has 0 radical (unpaired) electrons. The van der Waals surface area contributed by atoms with Crippen molar-refractivity contribution in [3.05, 3.63) is 46.2 Å². The molecule has 0 bridgehead atoms. The Hall–Kier alpha value is -1.51. The molecule has 0 amide bonds. The minimum absolute atomic E-state index is 0.303. The van der Waals surface area contributed by atoms with Crippen molar-refractivity contribution < 1.29 is 4.39 Å². The number of aryl methyl sites for hydroxylation is 1. The Morgan fingerprint density at radius 2 is 2.13 bits per heavy atom. The molecule has 0 atom stereocenters. The first-order valence-corrected chi connectivity index (χ1v) is 9.84. The number of nitrogens with zero attached hydrogens (tertiary/aromatic N) is 3. The summed E-state index contributed by atoms with van der Waals surface area (Å²) in [5.41, 5.74) is 1.48. The van der Waals surface area contributed by atoms with Crippen LogP contribution in [-0.2, 0) is 12.2 Å². The van der Waals surface area contributed by atoms with E-state index in [1.54, 1.807) is 41.3 Å². The first kappa shape index (κ1) is 16.4. The molecule has 1 N–H and O–H groups in total. The van der Waals surface area contributed by atoms with Crippen molar-refractivity contribution >= 4 is 45.3 Å². The van der Waals surface area contributed by atoms with Crippen LogP contribution in [-0.4, -0.2) is 15.2 Å². The van der Waals surface area contributed by atoms with E-state index in [4.69, 9.17) is 0 Å². The maximum Gasteiger partial charge on any atom is 0.210 e. The van der Waals surface area contributed by atoms with Gasteiger partial charge in [-0.1, -0.05) is 42.2 Å². The molecule has 3 rings (SSSR count). The van der Waals surface area contributed by atoms with Gasteiger partial charge in [0.15, 0.2) is 4.34 Å². The van der Waals surface area contributed by atoms with Crippen molar-refractivity contribution in [1.82, 2.24) is 15.2 Å². The number of halogens is 1. The van der Waals surface area contributed by atoms with Crippen LogP contribution in [0.2, 0.25) is 0 Å². The molecule has 0 saturated carbocycles. The van der Waals surface area contributed by atoms with E-state index in [-0.39, 0.29) is 5.82 Å². The van der Waals surface area contributed by atoms with E-state index in [1.807, 2.05) is 0 Å². The molecule has 1 aromatic carbocycles. The van der Waals surface area contributed by atoms with Gasteiger partial charge in [-0.15, -0.1) is 21.5 Å². The number of hydrogen-bond donors (Lipinski definition) is 1. The van der Waals surface area contributed by atoms with Crippen LogP contribution in [0, 0.1) is 5.82 Å². The smallest absolute Gasteiger partial charge is 0.210 e. The first-order valence-electron chi connectivity index (χ1n) is 7.15. The Balaban J connectivity index is 1.57. The second-order valence-corrected chi connectivity index (χ2v) is 7.89. The summed E-state index contributed by atoms with van der Waals surface area (Å²) in [5.74, 6) is 0.469. The molecule has 0 aliphatic carbocycles. The zero-order valence-electron chi connectivity index (χ0n) is 12.5. The molecule has 120 valence electrons. The largest absolute Gasteiger partial charge is 0.328 e. The van der Waals surface area contributed by atoms with E-state index >= 15 is 0 Å². The molecule has 2 aromatic heterocycles. The van der Waals surface area contributed by atoms with Gasteiger partial charge in [0.2, 0.25) is 5.13 Å². The molecule has 8 heteroatoms. The van der Waals surface area contributed by atoms with E-state index < -0.39 is 0 Å². The summed E-state index contributed by atoms with van der Waals surface area (Å²) in [6, 6.07) is 6.52. The van der Waals surface area contributed by atoms with Crippen molar-refractivity contribution in [2.45, 2.75) is 29.9 Å². The monoisotopic (exact) mass is 366 g/mol. The lowest BCUT2D eigenvalue weighted by Gasteiger charge is -2.01. The van der Waals surface area contributed by atoms with Crippen LogP contribution in [0.1, 0.15) is 24.0 Å². The van der Waals surface area contributed by atoms with E-state index in [0.29, 0.717) is 10.8 Å². The van der Waals surface area contributed by atoms with Crippen LogP contribution in [0.25, 0.3) is 0 Å². The topological polar surface area (TPSA) is 50.7 Å². The van der Waals surface area contributed by atoms with E-state index in [0.717, 1.165) is 28.6 Å². The molecule has 0 unspecified atom stereocenters. The fourth-order valence-electron chi connectivity index (χ4n) is 1.88. The Kier molecular flexibility index (Phi) is 5.58. The molecule has 23 heavy (non-hydrogen) atoms. The molecular formula is C15H15FN4S3. The third-order valence-corrected chi connectivity index (χ3v) is 5.89. The van der Waals surface area contributed by atoms with Crippen molar-refractivity contribution in [3.63, 3.8) is 0 Å². The Labute approximate surface area is 146 Å². The van der Waals surface area contributed by atoms with Gasteiger partial charge in [0.05, 0.1) is 16.4 Å². The molecule has 4 nitrogen and oxygen atoms in total. The number of para-hydroxylation sites is 1. The van der Waals surface area contributed by atoms with Crippen LogP contribution in [0.3, 0.4) is 0 Å². The van der Waals surface area contributed by atoms with Gasteiger partial charge in [-0.3, -0.25) is 0 Å². The van der Waals surface area contributed by atoms with Gasteiger partial charge >= 0.3 is 0 Å². The number of hydrogen-bond acceptors (Lipinski definition) is 7. The number of nitrogens with one attached hydrogen (secondary N) is 1. The van der Waals surface area contributed by atoms with Gasteiger partial charge in [-0.2, -0.15) is 0 Å². The predicted octanol–water partition coefficient (Wildman–Crippen LogP) is 5.12. The van der Waals surface area contributed by atoms with Crippen LogP contribution in [0.15, 0.2) is 34.0 Å². The van der Waals surface area contributed by atoms with Gasteiger partial charge in [0.25, 0.3) is 0 Å². The molecule has 3 aromatic rings. The van der Waals surface area contributed by atoms with Gasteiger partial charge in [0, 0.05) is 11.1 Å². The highest BCUT2D eigenvalue weighted by Gasteiger charge is 2.09. The van der Waals surface area contributed by atoms with Crippen LogP contribution in [0.5, 0.6) is 0 Å². The zero-order chi connectivity index (χ0) is 16.1. The SMILES string of the molecule is CCCc1nc(CSc2nnc(Nc3ccccc3F)s2)cs1. The third-order valence-electron chi connectivity index (χ3n) is 2.93. The quantitative estimate of drug-likeness (QED) is 0.588. The van der Waals surface area contributed by atoms with Crippen LogP contribution < -0.4 is 5.32 Å².